The molecule has 0 unspecified atom stereocenters. The molecule has 0 aliphatic carbocycles. The Morgan fingerprint density at radius 3 is 2.56 bits per heavy atom. The van der Waals surface area contributed by atoms with Gasteiger partial charge in [-0.3, -0.25) is 14.9 Å². The van der Waals surface area contributed by atoms with Gasteiger partial charge in [-0.2, -0.15) is 0 Å². The summed E-state index contributed by atoms with van der Waals surface area (Å²) in [5.74, 6) is -0.244. The summed E-state index contributed by atoms with van der Waals surface area (Å²) in [6.45, 7) is 0. The molecule has 1 aliphatic rings. The zero-order valence-corrected chi connectivity index (χ0v) is 13.8. The van der Waals surface area contributed by atoms with Crippen LogP contribution in [0.3, 0.4) is 0 Å². The summed E-state index contributed by atoms with van der Waals surface area (Å²) in [6, 6.07) is 15.7. The van der Waals surface area contributed by atoms with Crippen LogP contribution in [0.15, 0.2) is 76.6 Å². The number of allylic oxidation sites excluding steroid dienone is 2. The van der Waals surface area contributed by atoms with Crippen molar-refractivity contribution >= 4 is 40.3 Å². The van der Waals surface area contributed by atoms with Gasteiger partial charge in [-0.25, -0.2) is 4.99 Å². The molecule has 0 radical (unpaired) electrons. The lowest BCUT2D eigenvalue weighted by molar-refractivity contribution is -0.385. The zero-order chi connectivity index (χ0) is 17.6. The number of amidine groups is 1. The molecule has 7 heteroatoms. The molecule has 1 saturated heterocycles. The molecule has 25 heavy (non-hydrogen) atoms. The highest BCUT2D eigenvalue weighted by Gasteiger charge is 2.23. The van der Waals surface area contributed by atoms with Crippen LogP contribution < -0.4 is 5.32 Å². The van der Waals surface area contributed by atoms with Crippen molar-refractivity contribution in [1.29, 1.82) is 0 Å². The minimum Gasteiger partial charge on any atom is -0.300 e. The second-order valence-corrected chi connectivity index (χ2v) is 6.05. The van der Waals surface area contributed by atoms with E-state index in [-0.39, 0.29) is 11.6 Å². The Bertz CT molecular complexity index is 905. The molecule has 0 atom stereocenters. The van der Waals surface area contributed by atoms with E-state index in [0.717, 1.165) is 5.69 Å². The number of hydrogen-bond donors (Lipinski definition) is 1. The third-order valence-electron chi connectivity index (χ3n) is 3.29. The van der Waals surface area contributed by atoms with Crippen LogP contribution in [-0.2, 0) is 4.79 Å². The van der Waals surface area contributed by atoms with E-state index in [1.165, 1.54) is 17.8 Å². The lowest BCUT2D eigenvalue weighted by Gasteiger charge is -1.95. The fraction of sp³-hybridized carbons (Fsp3) is 0. The van der Waals surface area contributed by atoms with E-state index in [1.54, 1.807) is 36.4 Å². The first-order valence-corrected chi connectivity index (χ1v) is 8.20. The summed E-state index contributed by atoms with van der Waals surface area (Å²) in [5.41, 5.74) is 1.25. The van der Waals surface area contributed by atoms with Gasteiger partial charge in [0.2, 0.25) is 0 Å². The Morgan fingerprint density at radius 2 is 1.80 bits per heavy atom. The summed E-state index contributed by atoms with van der Waals surface area (Å²) >= 11 is 1.22. The van der Waals surface area contributed by atoms with Gasteiger partial charge in [0.05, 0.1) is 21.1 Å². The first-order chi connectivity index (χ1) is 12.1. The zero-order valence-electron chi connectivity index (χ0n) is 13.0. The van der Waals surface area contributed by atoms with Crippen molar-refractivity contribution in [2.24, 2.45) is 4.99 Å². The second kappa shape index (κ2) is 7.59. The lowest BCUT2D eigenvalue weighted by atomic mass is 10.1. The molecular formula is C18H13N3O3S. The average Bonchev–Trinajstić information content (AvgIpc) is 2.95. The quantitative estimate of drug-likeness (QED) is 0.512. The number of aliphatic imine (C=N–C) groups is 1. The van der Waals surface area contributed by atoms with Crippen LogP contribution in [0.2, 0.25) is 0 Å². The van der Waals surface area contributed by atoms with Gasteiger partial charge in [0.15, 0.2) is 5.17 Å². The molecule has 0 saturated carbocycles. The number of carbonyl (C=O) groups excluding carboxylic acids is 1. The molecule has 0 bridgehead atoms. The van der Waals surface area contributed by atoms with Crippen LogP contribution in [0.1, 0.15) is 5.56 Å². The number of nitro groups is 1. The van der Waals surface area contributed by atoms with Crippen molar-refractivity contribution in [2.45, 2.75) is 0 Å². The number of amides is 1. The largest absolute Gasteiger partial charge is 0.300 e. The number of benzene rings is 2. The average molecular weight is 351 g/mol. The highest BCUT2D eigenvalue weighted by molar-refractivity contribution is 8.18. The van der Waals surface area contributed by atoms with E-state index in [2.05, 4.69) is 10.3 Å². The van der Waals surface area contributed by atoms with Gasteiger partial charge in [0.25, 0.3) is 11.6 Å². The topological polar surface area (TPSA) is 84.6 Å². The summed E-state index contributed by atoms with van der Waals surface area (Å²) in [5, 5.41) is 14.2. The Kier molecular flexibility index (Phi) is 5.06. The van der Waals surface area contributed by atoms with E-state index >= 15 is 0 Å². The predicted molar refractivity (Wildman–Crippen MR) is 99.5 cm³/mol. The fourth-order valence-electron chi connectivity index (χ4n) is 2.15. The molecule has 1 heterocycles. The van der Waals surface area contributed by atoms with Crippen molar-refractivity contribution in [3.05, 3.63) is 87.3 Å². The fourth-order valence-corrected chi connectivity index (χ4v) is 2.94. The number of nitro benzene ring substituents is 1. The second-order valence-electron chi connectivity index (χ2n) is 5.01. The molecule has 1 amide bonds. The van der Waals surface area contributed by atoms with E-state index in [9.17, 15) is 14.9 Å². The number of carbonyl (C=O) groups is 1. The van der Waals surface area contributed by atoms with Crippen LogP contribution >= 0.6 is 11.8 Å². The number of thioether (sulfide) groups is 1. The minimum absolute atomic E-state index is 0.0204. The lowest BCUT2D eigenvalue weighted by Crippen LogP contribution is -2.19. The molecule has 2 aromatic carbocycles. The van der Waals surface area contributed by atoms with Crippen LogP contribution in [0.4, 0.5) is 11.4 Å². The minimum atomic E-state index is -0.436. The van der Waals surface area contributed by atoms with Gasteiger partial charge in [-0.05, 0) is 42.1 Å². The van der Waals surface area contributed by atoms with Crippen LogP contribution in [-0.4, -0.2) is 16.0 Å². The summed E-state index contributed by atoms with van der Waals surface area (Å²) in [6.07, 6.45) is 4.84. The summed E-state index contributed by atoms with van der Waals surface area (Å²) < 4.78 is 0. The van der Waals surface area contributed by atoms with Crippen molar-refractivity contribution in [3.63, 3.8) is 0 Å². The SMILES string of the molecule is O=C1NC(=Nc2ccccc2)S/C1=C\C=C\c1ccccc1[N+](=O)[O-]. The van der Waals surface area contributed by atoms with E-state index in [4.69, 9.17) is 0 Å². The molecule has 0 spiro atoms. The molecular weight excluding hydrogens is 338 g/mol. The number of rotatable bonds is 4. The maximum Gasteiger partial charge on any atom is 0.276 e. The van der Waals surface area contributed by atoms with E-state index in [1.807, 2.05) is 30.3 Å². The standard InChI is InChI=1S/C18H13N3O3S/c22-17-16(25-18(20-17)19-14-9-2-1-3-10-14)12-6-8-13-7-4-5-11-15(13)21(23)24/h1-12H,(H,19,20,22)/b8-6+,16-12-. The van der Waals surface area contributed by atoms with Crippen molar-refractivity contribution in [2.75, 3.05) is 0 Å². The molecule has 2 aromatic rings. The van der Waals surface area contributed by atoms with Crippen LogP contribution in [0.25, 0.3) is 6.08 Å². The maximum absolute atomic E-state index is 12.0. The number of hydrogen-bond acceptors (Lipinski definition) is 5. The van der Waals surface area contributed by atoms with Gasteiger partial charge in [-0.1, -0.05) is 36.4 Å². The molecule has 1 N–H and O–H groups in total. The third kappa shape index (κ3) is 4.21. The van der Waals surface area contributed by atoms with Crippen LogP contribution in [0, 0.1) is 10.1 Å². The molecule has 1 aliphatic heterocycles. The van der Waals surface area contributed by atoms with Crippen molar-refractivity contribution in [1.82, 2.24) is 5.32 Å². The van der Waals surface area contributed by atoms with Gasteiger partial charge < -0.3 is 5.32 Å². The smallest absolute Gasteiger partial charge is 0.276 e. The Labute approximate surface area is 148 Å². The Hall–Kier alpha value is -3.19. The Balaban J connectivity index is 1.76. The van der Waals surface area contributed by atoms with Crippen molar-refractivity contribution in [3.8, 4) is 0 Å². The third-order valence-corrected chi connectivity index (χ3v) is 4.22. The van der Waals surface area contributed by atoms with Crippen LogP contribution in [0.5, 0.6) is 0 Å². The summed E-state index contributed by atoms with van der Waals surface area (Å²) in [7, 11) is 0. The van der Waals surface area contributed by atoms with Gasteiger partial charge in [-0.15, -0.1) is 0 Å². The maximum atomic E-state index is 12.0. The highest BCUT2D eigenvalue weighted by atomic mass is 32.2. The van der Waals surface area contributed by atoms with Crippen molar-refractivity contribution < 1.29 is 9.72 Å². The monoisotopic (exact) mass is 351 g/mol. The summed E-state index contributed by atoms with van der Waals surface area (Å²) in [4.78, 5) is 27.3. The molecule has 0 aromatic heterocycles. The predicted octanol–water partition coefficient (Wildman–Crippen LogP) is 4.04. The van der Waals surface area contributed by atoms with Gasteiger partial charge >= 0.3 is 0 Å². The number of nitrogens with one attached hydrogen (secondary N) is 1. The molecule has 124 valence electrons. The highest BCUT2D eigenvalue weighted by Crippen LogP contribution is 2.26. The van der Waals surface area contributed by atoms with Gasteiger partial charge in [0, 0.05) is 6.07 Å². The van der Waals surface area contributed by atoms with Gasteiger partial charge in [0.1, 0.15) is 0 Å². The van der Waals surface area contributed by atoms with E-state index in [0.29, 0.717) is 15.6 Å². The first kappa shape index (κ1) is 16.7. The van der Waals surface area contributed by atoms with E-state index < -0.39 is 4.92 Å². The number of nitrogens with zero attached hydrogens (tertiary/aromatic N) is 2. The first-order valence-electron chi connectivity index (χ1n) is 7.38. The Morgan fingerprint density at radius 1 is 1.08 bits per heavy atom. The molecule has 3 rings (SSSR count). The normalized spacial score (nSPS) is 17.4. The molecule has 1 fully saturated rings. The molecule has 6 nitrogen and oxygen atoms in total. The number of para-hydroxylation sites is 2.